The minimum absolute atomic E-state index is 0.105. The third-order valence-electron chi connectivity index (χ3n) is 7.04. The average Bonchev–Trinajstić information content (AvgIpc) is 3.29. The van der Waals surface area contributed by atoms with Crippen LogP contribution in [0, 0.1) is 23.0 Å². The lowest BCUT2D eigenvalue weighted by Crippen LogP contribution is -2.52. The largest absolute Gasteiger partial charge is 0.443 e. The molecule has 0 saturated heterocycles. The SMILES string of the molecule is CC(C)C(C)(Cc1cccnc1)C(=O)N1N=C(c2cc(F)ccc2F)OC1(CCCN)c1cccnc1. The van der Waals surface area contributed by atoms with Gasteiger partial charge in [0, 0.05) is 36.8 Å². The fraction of sp³-hybridized carbons (Fsp3) is 0.357. The number of amides is 1. The summed E-state index contributed by atoms with van der Waals surface area (Å²) in [5.41, 5.74) is 4.77. The summed E-state index contributed by atoms with van der Waals surface area (Å²) in [6.07, 6.45) is 7.75. The average molecular weight is 508 g/mol. The minimum Gasteiger partial charge on any atom is -0.443 e. The summed E-state index contributed by atoms with van der Waals surface area (Å²) < 4.78 is 35.3. The Balaban J connectivity index is 1.88. The second-order valence-corrected chi connectivity index (χ2v) is 9.78. The molecule has 0 bridgehead atoms. The van der Waals surface area contributed by atoms with Gasteiger partial charge in [0.2, 0.25) is 11.6 Å². The zero-order chi connectivity index (χ0) is 26.6. The van der Waals surface area contributed by atoms with Gasteiger partial charge in [0.25, 0.3) is 5.91 Å². The molecular weight excluding hydrogens is 476 g/mol. The summed E-state index contributed by atoms with van der Waals surface area (Å²) in [6.45, 7) is 6.13. The lowest BCUT2D eigenvalue weighted by Gasteiger charge is -2.41. The molecule has 4 rings (SSSR count). The van der Waals surface area contributed by atoms with Gasteiger partial charge < -0.3 is 10.5 Å². The predicted molar refractivity (Wildman–Crippen MR) is 136 cm³/mol. The first-order chi connectivity index (χ1) is 17.7. The highest BCUT2D eigenvalue weighted by molar-refractivity contribution is 5.98. The van der Waals surface area contributed by atoms with Gasteiger partial charge in [0.1, 0.15) is 11.6 Å². The Bertz CT molecular complexity index is 1270. The normalized spacial score (nSPS) is 18.9. The molecule has 9 heteroatoms. The van der Waals surface area contributed by atoms with Crippen molar-refractivity contribution in [3.05, 3.63) is 95.6 Å². The molecule has 0 spiro atoms. The van der Waals surface area contributed by atoms with Crippen LogP contribution in [-0.4, -0.2) is 33.3 Å². The molecule has 3 aromatic rings. The maximum absolute atomic E-state index is 14.8. The molecule has 194 valence electrons. The number of hydrazone groups is 1. The molecule has 1 aromatic carbocycles. The summed E-state index contributed by atoms with van der Waals surface area (Å²) in [7, 11) is 0. The van der Waals surface area contributed by atoms with Crippen LogP contribution in [0.3, 0.4) is 0 Å². The molecule has 1 aliphatic heterocycles. The molecule has 0 fully saturated rings. The van der Waals surface area contributed by atoms with Crippen molar-refractivity contribution in [3.8, 4) is 0 Å². The van der Waals surface area contributed by atoms with Gasteiger partial charge in [-0.15, -0.1) is 5.10 Å². The van der Waals surface area contributed by atoms with E-state index in [9.17, 15) is 13.6 Å². The van der Waals surface area contributed by atoms with Crippen molar-refractivity contribution in [1.82, 2.24) is 15.0 Å². The van der Waals surface area contributed by atoms with Gasteiger partial charge in [-0.1, -0.05) is 26.8 Å². The third-order valence-corrected chi connectivity index (χ3v) is 7.04. The molecule has 1 amide bonds. The molecule has 7 nitrogen and oxygen atoms in total. The maximum Gasteiger partial charge on any atom is 0.253 e. The summed E-state index contributed by atoms with van der Waals surface area (Å²) in [5.74, 6) is -1.97. The van der Waals surface area contributed by atoms with Crippen molar-refractivity contribution in [1.29, 1.82) is 0 Å². The van der Waals surface area contributed by atoms with Gasteiger partial charge in [-0.2, -0.15) is 5.01 Å². The Morgan fingerprint density at radius 2 is 1.86 bits per heavy atom. The molecule has 1 aliphatic rings. The van der Waals surface area contributed by atoms with E-state index in [1.807, 2.05) is 32.9 Å². The standard InChI is InChI=1S/C28H31F2N5O2/c1-19(2)27(3,16-20-7-4-13-32-17-20)26(36)35-28(11-6-12-31,21-8-5-14-33-18-21)37-25(34-35)23-15-22(29)9-10-24(23)30/h4-5,7-10,13-15,17-19H,6,11-12,16,31H2,1-3H3. The first-order valence-corrected chi connectivity index (χ1v) is 12.3. The van der Waals surface area contributed by atoms with Crippen molar-refractivity contribution in [3.63, 3.8) is 0 Å². The van der Waals surface area contributed by atoms with E-state index in [2.05, 4.69) is 15.1 Å². The number of nitrogens with two attached hydrogens (primary N) is 1. The van der Waals surface area contributed by atoms with E-state index in [1.165, 1.54) is 5.01 Å². The number of hydrogen-bond acceptors (Lipinski definition) is 6. The van der Waals surface area contributed by atoms with Crippen LogP contribution in [-0.2, 0) is 21.7 Å². The molecule has 0 saturated carbocycles. The molecule has 2 unspecified atom stereocenters. The highest BCUT2D eigenvalue weighted by Gasteiger charge is 2.54. The van der Waals surface area contributed by atoms with Crippen LogP contribution in [0.4, 0.5) is 8.78 Å². The second-order valence-electron chi connectivity index (χ2n) is 9.78. The molecule has 2 atom stereocenters. The Morgan fingerprint density at radius 1 is 1.14 bits per heavy atom. The number of hydrogen-bond donors (Lipinski definition) is 1. The zero-order valence-corrected chi connectivity index (χ0v) is 21.2. The number of aromatic nitrogens is 2. The number of pyridine rings is 2. The summed E-state index contributed by atoms with van der Waals surface area (Å²) >= 11 is 0. The lowest BCUT2D eigenvalue weighted by atomic mass is 9.73. The Kier molecular flexibility index (Phi) is 7.63. The van der Waals surface area contributed by atoms with E-state index >= 15 is 0 Å². The molecule has 2 aromatic heterocycles. The maximum atomic E-state index is 14.8. The highest BCUT2D eigenvalue weighted by atomic mass is 19.1. The van der Waals surface area contributed by atoms with Crippen molar-refractivity contribution >= 4 is 11.8 Å². The van der Waals surface area contributed by atoms with Gasteiger partial charge in [-0.25, -0.2) is 8.78 Å². The molecule has 2 N–H and O–H groups in total. The smallest absolute Gasteiger partial charge is 0.253 e. The van der Waals surface area contributed by atoms with Crippen LogP contribution in [0.5, 0.6) is 0 Å². The van der Waals surface area contributed by atoms with Crippen LogP contribution in [0.2, 0.25) is 0 Å². The zero-order valence-electron chi connectivity index (χ0n) is 21.2. The van der Waals surface area contributed by atoms with E-state index in [0.29, 0.717) is 24.9 Å². The molecule has 0 radical (unpaired) electrons. The van der Waals surface area contributed by atoms with Gasteiger partial charge in [0.05, 0.1) is 11.0 Å². The number of rotatable bonds is 9. The second kappa shape index (κ2) is 10.7. The van der Waals surface area contributed by atoms with Crippen LogP contribution >= 0.6 is 0 Å². The fourth-order valence-corrected chi connectivity index (χ4v) is 4.49. The number of carbonyl (C=O) groups is 1. The summed E-state index contributed by atoms with van der Waals surface area (Å²) in [4.78, 5) is 22.9. The number of ether oxygens (including phenoxy) is 1. The molecular formula is C28H31F2N5O2. The Morgan fingerprint density at radius 3 is 2.49 bits per heavy atom. The first kappa shape index (κ1) is 26.3. The quantitative estimate of drug-likeness (QED) is 0.450. The lowest BCUT2D eigenvalue weighted by molar-refractivity contribution is -0.165. The number of carbonyl (C=O) groups excluding carboxylic acids is 1. The van der Waals surface area contributed by atoms with E-state index in [4.69, 9.17) is 10.5 Å². The van der Waals surface area contributed by atoms with E-state index in [-0.39, 0.29) is 29.7 Å². The summed E-state index contributed by atoms with van der Waals surface area (Å²) in [6, 6.07) is 10.3. The van der Waals surface area contributed by atoms with Crippen molar-refractivity contribution in [2.45, 2.75) is 45.8 Å². The summed E-state index contributed by atoms with van der Waals surface area (Å²) in [5, 5.41) is 5.81. The molecule has 37 heavy (non-hydrogen) atoms. The van der Waals surface area contributed by atoms with Crippen LogP contribution in [0.25, 0.3) is 0 Å². The third kappa shape index (κ3) is 5.09. The topological polar surface area (TPSA) is 93.7 Å². The molecule has 3 heterocycles. The van der Waals surface area contributed by atoms with Crippen molar-refractivity contribution in [2.75, 3.05) is 6.54 Å². The fourth-order valence-electron chi connectivity index (χ4n) is 4.49. The van der Waals surface area contributed by atoms with Gasteiger partial charge in [-0.05, 0) is 67.3 Å². The van der Waals surface area contributed by atoms with Gasteiger partial charge in [0.15, 0.2) is 0 Å². The van der Waals surface area contributed by atoms with Crippen molar-refractivity contribution in [2.24, 2.45) is 22.2 Å². The van der Waals surface area contributed by atoms with Crippen LogP contribution in [0.1, 0.15) is 50.3 Å². The number of halogens is 2. The first-order valence-electron chi connectivity index (χ1n) is 12.3. The van der Waals surface area contributed by atoms with Crippen LogP contribution in [0.15, 0.2) is 72.4 Å². The molecule has 0 aliphatic carbocycles. The Labute approximate surface area is 215 Å². The number of nitrogens with zero attached hydrogens (tertiary/aromatic N) is 4. The Hall–Kier alpha value is -3.72. The van der Waals surface area contributed by atoms with E-state index in [0.717, 1.165) is 23.8 Å². The predicted octanol–water partition coefficient (Wildman–Crippen LogP) is 4.77. The van der Waals surface area contributed by atoms with Crippen LogP contribution < -0.4 is 5.73 Å². The monoisotopic (exact) mass is 507 g/mol. The minimum atomic E-state index is -1.44. The van der Waals surface area contributed by atoms with Gasteiger partial charge >= 0.3 is 0 Å². The van der Waals surface area contributed by atoms with E-state index in [1.54, 1.807) is 36.9 Å². The van der Waals surface area contributed by atoms with E-state index < -0.39 is 22.8 Å². The van der Waals surface area contributed by atoms with Crippen molar-refractivity contribution < 1.29 is 18.3 Å². The highest BCUT2D eigenvalue weighted by Crippen LogP contribution is 2.45. The van der Waals surface area contributed by atoms with Gasteiger partial charge in [-0.3, -0.25) is 14.8 Å². The number of benzene rings is 1.